The molecule has 1 aromatic carbocycles. The summed E-state index contributed by atoms with van der Waals surface area (Å²) in [6.07, 6.45) is 0. The molecule has 0 aliphatic carbocycles. The molecule has 0 saturated carbocycles. The molecule has 0 unspecified atom stereocenters. The number of rotatable bonds is 2. The summed E-state index contributed by atoms with van der Waals surface area (Å²) in [6.45, 7) is 7.16. The quantitative estimate of drug-likeness (QED) is 0.749. The van der Waals surface area contributed by atoms with E-state index in [1.807, 2.05) is 23.6 Å². The molecule has 2 heterocycles. The molecule has 0 amide bonds. The minimum absolute atomic E-state index is 0.441. The number of pyridine rings is 1. The van der Waals surface area contributed by atoms with Crippen molar-refractivity contribution in [2.75, 3.05) is 11.5 Å². The lowest BCUT2D eigenvalue weighted by atomic mass is 10.1. The predicted octanol–water partition coefficient (Wildman–Crippen LogP) is 2.71. The predicted molar refractivity (Wildman–Crippen MR) is 83.4 cm³/mol. The van der Waals surface area contributed by atoms with Crippen molar-refractivity contribution in [1.29, 1.82) is 0 Å². The third kappa shape index (κ3) is 1.78. The van der Waals surface area contributed by atoms with Gasteiger partial charge in [-0.05, 0) is 18.4 Å². The average Bonchev–Trinajstić information content (AvgIpc) is 2.69. The van der Waals surface area contributed by atoms with Crippen LogP contribution >= 0.6 is 0 Å². The van der Waals surface area contributed by atoms with E-state index in [4.69, 9.17) is 11.5 Å². The zero-order valence-electron chi connectivity index (χ0n) is 12.0. The van der Waals surface area contributed by atoms with Crippen LogP contribution in [-0.4, -0.2) is 14.5 Å². The van der Waals surface area contributed by atoms with Gasteiger partial charge in [0, 0.05) is 11.9 Å². The van der Waals surface area contributed by atoms with Crippen molar-refractivity contribution in [2.45, 2.75) is 27.3 Å². The molecule has 0 saturated heterocycles. The van der Waals surface area contributed by atoms with E-state index < -0.39 is 0 Å². The van der Waals surface area contributed by atoms with Crippen molar-refractivity contribution in [3.05, 3.63) is 23.8 Å². The van der Waals surface area contributed by atoms with Gasteiger partial charge in [0.05, 0.1) is 11.0 Å². The van der Waals surface area contributed by atoms with Crippen LogP contribution in [0.25, 0.3) is 21.9 Å². The number of nitrogens with zero attached hydrogens (tertiary/aromatic N) is 3. The van der Waals surface area contributed by atoms with E-state index in [9.17, 15) is 0 Å². The third-order valence-electron chi connectivity index (χ3n) is 3.51. The van der Waals surface area contributed by atoms with Crippen LogP contribution in [0.5, 0.6) is 0 Å². The van der Waals surface area contributed by atoms with Crippen molar-refractivity contribution in [2.24, 2.45) is 5.92 Å². The maximum absolute atomic E-state index is 6.07. The first-order valence-electron chi connectivity index (χ1n) is 6.79. The van der Waals surface area contributed by atoms with E-state index >= 15 is 0 Å². The molecule has 3 aromatic rings. The molecular weight excluding hydrogens is 250 g/mol. The van der Waals surface area contributed by atoms with Crippen LogP contribution in [-0.2, 0) is 6.54 Å². The molecule has 0 radical (unpaired) electrons. The van der Waals surface area contributed by atoms with Gasteiger partial charge in [0.1, 0.15) is 5.52 Å². The Hall–Kier alpha value is -2.30. The number of hydrogen-bond donors (Lipinski definition) is 2. The Morgan fingerprint density at radius 3 is 2.60 bits per heavy atom. The summed E-state index contributed by atoms with van der Waals surface area (Å²) in [5.74, 6) is 1.41. The van der Waals surface area contributed by atoms with Crippen molar-refractivity contribution >= 4 is 33.7 Å². The number of nitrogen functional groups attached to an aromatic ring is 2. The standard InChI is InChI=1S/C15H19N5/c1-8(2)7-20-13-10-6-4-5-9(3)11(10)18-14(16)12(13)19-15(20)17/h4-6,8H,7H2,1-3H3,(H2,16,18)(H2,17,19). The minimum Gasteiger partial charge on any atom is -0.382 e. The lowest BCUT2D eigenvalue weighted by Gasteiger charge is -2.11. The van der Waals surface area contributed by atoms with E-state index in [0.717, 1.165) is 28.5 Å². The molecule has 5 nitrogen and oxygen atoms in total. The van der Waals surface area contributed by atoms with Crippen molar-refractivity contribution in [3.8, 4) is 0 Å². The van der Waals surface area contributed by atoms with Crippen LogP contribution in [0.15, 0.2) is 18.2 Å². The summed E-state index contributed by atoms with van der Waals surface area (Å²) in [6, 6.07) is 6.11. The minimum atomic E-state index is 0.441. The number of anilines is 2. The van der Waals surface area contributed by atoms with E-state index in [2.05, 4.69) is 29.9 Å². The summed E-state index contributed by atoms with van der Waals surface area (Å²) in [5.41, 5.74) is 15.8. The summed E-state index contributed by atoms with van der Waals surface area (Å²) < 4.78 is 2.04. The Balaban J connectivity index is 2.48. The number of aromatic nitrogens is 3. The van der Waals surface area contributed by atoms with Gasteiger partial charge in [-0.3, -0.25) is 0 Å². The van der Waals surface area contributed by atoms with E-state index in [0.29, 0.717) is 23.2 Å². The SMILES string of the molecule is Cc1cccc2c1nc(N)c1nc(N)n(CC(C)C)c12. The Labute approximate surface area is 117 Å². The number of fused-ring (bicyclic) bond motifs is 3. The maximum Gasteiger partial charge on any atom is 0.201 e. The molecule has 0 aliphatic rings. The van der Waals surface area contributed by atoms with E-state index in [1.165, 1.54) is 0 Å². The zero-order valence-corrected chi connectivity index (χ0v) is 12.0. The first kappa shape index (κ1) is 12.7. The van der Waals surface area contributed by atoms with Crippen LogP contribution in [0, 0.1) is 12.8 Å². The third-order valence-corrected chi connectivity index (χ3v) is 3.51. The molecule has 0 atom stereocenters. The second-order valence-electron chi connectivity index (χ2n) is 5.64. The number of imidazole rings is 1. The number of nitrogens with two attached hydrogens (primary N) is 2. The van der Waals surface area contributed by atoms with Gasteiger partial charge in [-0.2, -0.15) is 0 Å². The molecule has 2 aromatic heterocycles. The van der Waals surface area contributed by atoms with E-state index in [-0.39, 0.29) is 0 Å². The van der Waals surface area contributed by atoms with Gasteiger partial charge in [-0.15, -0.1) is 0 Å². The molecule has 4 N–H and O–H groups in total. The zero-order chi connectivity index (χ0) is 14.4. The van der Waals surface area contributed by atoms with Gasteiger partial charge in [0.15, 0.2) is 5.82 Å². The highest BCUT2D eigenvalue weighted by Gasteiger charge is 2.16. The van der Waals surface area contributed by atoms with Gasteiger partial charge in [-0.25, -0.2) is 9.97 Å². The van der Waals surface area contributed by atoms with Crippen LogP contribution in [0.1, 0.15) is 19.4 Å². The first-order chi connectivity index (χ1) is 9.49. The van der Waals surface area contributed by atoms with Gasteiger partial charge in [0.2, 0.25) is 5.95 Å². The first-order valence-corrected chi connectivity index (χ1v) is 6.79. The van der Waals surface area contributed by atoms with Gasteiger partial charge in [0.25, 0.3) is 0 Å². The van der Waals surface area contributed by atoms with E-state index in [1.54, 1.807) is 0 Å². The molecule has 5 heteroatoms. The topological polar surface area (TPSA) is 82.8 Å². The lowest BCUT2D eigenvalue weighted by Crippen LogP contribution is -2.08. The second kappa shape index (κ2) is 4.37. The van der Waals surface area contributed by atoms with Crippen molar-refractivity contribution < 1.29 is 0 Å². The van der Waals surface area contributed by atoms with Gasteiger partial charge < -0.3 is 16.0 Å². The highest BCUT2D eigenvalue weighted by Crippen LogP contribution is 2.31. The summed E-state index contributed by atoms with van der Waals surface area (Å²) in [7, 11) is 0. The van der Waals surface area contributed by atoms with Crippen LogP contribution in [0.3, 0.4) is 0 Å². The molecular formula is C15H19N5. The Morgan fingerprint density at radius 2 is 1.90 bits per heavy atom. The summed E-state index contributed by atoms with van der Waals surface area (Å²) in [5, 5.41) is 1.05. The maximum atomic E-state index is 6.07. The average molecular weight is 269 g/mol. The molecule has 0 fully saturated rings. The molecule has 20 heavy (non-hydrogen) atoms. The molecule has 0 spiro atoms. The Kier molecular flexibility index (Phi) is 2.78. The fourth-order valence-corrected chi connectivity index (χ4v) is 2.64. The summed E-state index contributed by atoms with van der Waals surface area (Å²) >= 11 is 0. The normalized spacial score (nSPS) is 11.8. The van der Waals surface area contributed by atoms with Crippen LogP contribution in [0.4, 0.5) is 11.8 Å². The lowest BCUT2D eigenvalue weighted by molar-refractivity contribution is 0.538. The van der Waals surface area contributed by atoms with Gasteiger partial charge >= 0.3 is 0 Å². The summed E-state index contributed by atoms with van der Waals surface area (Å²) in [4.78, 5) is 8.88. The monoisotopic (exact) mass is 269 g/mol. The molecule has 0 bridgehead atoms. The molecule has 0 aliphatic heterocycles. The fourth-order valence-electron chi connectivity index (χ4n) is 2.64. The number of aryl methyl sites for hydroxylation is 1. The highest BCUT2D eigenvalue weighted by atomic mass is 15.2. The number of benzene rings is 1. The van der Waals surface area contributed by atoms with Crippen LogP contribution < -0.4 is 11.5 Å². The van der Waals surface area contributed by atoms with Crippen molar-refractivity contribution in [3.63, 3.8) is 0 Å². The molecule has 104 valence electrons. The van der Waals surface area contributed by atoms with Crippen molar-refractivity contribution in [1.82, 2.24) is 14.5 Å². The largest absolute Gasteiger partial charge is 0.382 e. The highest BCUT2D eigenvalue weighted by molar-refractivity contribution is 6.08. The Morgan fingerprint density at radius 1 is 1.15 bits per heavy atom. The number of hydrogen-bond acceptors (Lipinski definition) is 4. The molecule has 3 rings (SSSR count). The smallest absolute Gasteiger partial charge is 0.201 e. The van der Waals surface area contributed by atoms with Crippen LogP contribution in [0.2, 0.25) is 0 Å². The second-order valence-corrected chi connectivity index (χ2v) is 5.64. The van der Waals surface area contributed by atoms with Gasteiger partial charge in [-0.1, -0.05) is 32.0 Å². The fraction of sp³-hybridized carbons (Fsp3) is 0.333. The Bertz CT molecular complexity index is 801. The number of para-hydroxylation sites is 1.